The molecule has 0 radical (unpaired) electrons. The van der Waals surface area contributed by atoms with Crippen molar-refractivity contribution in [3.8, 4) is 17.2 Å². The third-order valence-corrected chi connectivity index (χ3v) is 5.14. The zero-order valence-electron chi connectivity index (χ0n) is 16.7. The number of nitrogens with zero attached hydrogens (tertiary/aromatic N) is 1. The minimum absolute atomic E-state index is 0.310. The van der Waals surface area contributed by atoms with E-state index in [2.05, 4.69) is 18.2 Å². The van der Waals surface area contributed by atoms with Crippen LogP contribution in [0.25, 0.3) is 5.57 Å². The van der Waals surface area contributed by atoms with Crippen LogP contribution in [0.15, 0.2) is 54.6 Å². The molecule has 5 nitrogen and oxygen atoms in total. The topological polar surface area (TPSA) is 48.0 Å². The van der Waals surface area contributed by atoms with Crippen LogP contribution in [-0.2, 0) is 4.79 Å². The molecule has 1 saturated heterocycles. The van der Waals surface area contributed by atoms with Crippen molar-refractivity contribution in [2.75, 3.05) is 27.9 Å². The fourth-order valence-electron chi connectivity index (χ4n) is 3.61. The van der Waals surface area contributed by atoms with Crippen molar-refractivity contribution >= 4 is 11.5 Å². The van der Waals surface area contributed by atoms with Crippen LogP contribution < -0.4 is 14.2 Å². The summed E-state index contributed by atoms with van der Waals surface area (Å²) in [6.45, 7) is 0.862. The fraction of sp³-hybridized carbons (Fsp3) is 0.348. The molecule has 0 saturated carbocycles. The number of ether oxygens (including phenoxy) is 3. The summed E-state index contributed by atoms with van der Waals surface area (Å²) in [5.74, 6) is 2.73. The molecule has 2 heterocycles. The zero-order valence-corrected chi connectivity index (χ0v) is 16.7. The van der Waals surface area contributed by atoms with Crippen molar-refractivity contribution in [1.82, 2.24) is 4.90 Å². The van der Waals surface area contributed by atoms with E-state index in [1.54, 1.807) is 21.3 Å². The lowest BCUT2D eigenvalue weighted by molar-refractivity contribution is -0.128. The molecule has 28 heavy (non-hydrogen) atoms. The highest BCUT2D eigenvalue weighted by atomic mass is 16.5. The molecule has 1 fully saturated rings. The Morgan fingerprint density at radius 1 is 0.857 bits per heavy atom. The van der Waals surface area contributed by atoms with E-state index in [4.69, 9.17) is 14.2 Å². The first-order chi connectivity index (χ1) is 13.7. The normalized spacial score (nSPS) is 17.8. The van der Waals surface area contributed by atoms with Gasteiger partial charge in [-0.1, -0.05) is 30.3 Å². The lowest BCUT2D eigenvalue weighted by Crippen LogP contribution is -2.35. The maximum atomic E-state index is 11.6. The number of hydrogen-bond donors (Lipinski definition) is 0. The molecule has 148 valence electrons. The molecule has 1 amide bonds. The first-order valence-corrected chi connectivity index (χ1v) is 9.48. The Morgan fingerprint density at radius 3 is 2.07 bits per heavy atom. The predicted molar refractivity (Wildman–Crippen MR) is 110 cm³/mol. The minimum atomic E-state index is 0.310. The van der Waals surface area contributed by atoms with Crippen LogP contribution in [-0.4, -0.2) is 44.7 Å². The van der Waals surface area contributed by atoms with Gasteiger partial charge >= 0.3 is 0 Å². The number of benzene rings is 2. The highest BCUT2D eigenvalue weighted by molar-refractivity contribution is 5.81. The van der Waals surface area contributed by atoms with Crippen molar-refractivity contribution < 1.29 is 19.0 Å². The van der Waals surface area contributed by atoms with Crippen LogP contribution in [0.1, 0.15) is 24.8 Å². The zero-order chi connectivity index (χ0) is 19.9. The van der Waals surface area contributed by atoms with E-state index >= 15 is 0 Å². The maximum Gasteiger partial charge on any atom is 0.223 e. The van der Waals surface area contributed by atoms with Crippen molar-refractivity contribution in [2.45, 2.75) is 25.3 Å². The van der Waals surface area contributed by atoms with Gasteiger partial charge < -0.3 is 19.1 Å². The number of carbonyl (C=O) groups is 1. The Balaban J connectivity index is 0.000000192. The summed E-state index contributed by atoms with van der Waals surface area (Å²) in [5.41, 5.74) is 2.60. The third kappa shape index (κ3) is 4.47. The fourth-order valence-corrected chi connectivity index (χ4v) is 3.61. The Bertz CT molecular complexity index is 806. The van der Waals surface area contributed by atoms with E-state index in [1.165, 1.54) is 11.1 Å². The second-order valence-electron chi connectivity index (χ2n) is 6.72. The maximum absolute atomic E-state index is 11.6. The SMILES string of the molecule is COc1ccc(C2=CC3CCC(=O)N3CC2)cc1.COc1ccccc1OC. The first kappa shape index (κ1) is 19.8. The molecule has 2 aromatic carbocycles. The van der Waals surface area contributed by atoms with Crippen LogP contribution >= 0.6 is 0 Å². The molecule has 1 unspecified atom stereocenters. The molecule has 2 aromatic rings. The highest BCUT2D eigenvalue weighted by Crippen LogP contribution is 2.31. The Morgan fingerprint density at radius 2 is 1.50 bits per heavy atom. The van der Waals surface area contributed by atoms with Crippen molar-refractivity contribution in [1.29, 1.82) is 0 Å². The lowest BCUT2D eigenvalue weighted by atomic mass is 9.96. The molecule has 0 N–H and O–H groups in total. The van der Waals surface area contributed by atoms with Crippen LogP contribution in [0.4, 0.5) is 0 Å². The summed E-state index contributed by atoms with van der Waals surface area (Å²) in [7, 11) is 4.92. The van der Waals surface area contributed by atoms with Crippen molar-refractivity contribution in [3.05, 3.63) is 60.2 Å². The summed E-state index contributed by atoms with van der Waals surface area (Å²) in [6, 6.07) is 16.0. The number of carbonyl (C=O) groups excluding carboxylic acids is 1. The molecular formula is C23H27NO4. The summed E-state index contributed by atoms with van der Waals surface area (Å²) < 4.78 is 15.2. The monoisotopic (exact) mass is 381 g/mol. The van der Waals surface area contributed by atoms with Gasteiger partial charge in [-0.25, -0.2) is 0 Å². The minimum Gasteiger partial charge on any atom is -0.497 e. The third-order valence-electron chi connectivity index (χ3n) is 5.14. The molecule has 5 heteroatoms. The van der Waals surface area contributed by atoms with Gasteiger partial charge in [-0.05, 0) is 48.2 Å². The molecule has 0 spiro atoms. The van der Waals surface area contributed by atoms with Crippen molar-refractivity contribution in [2.24, 2.45) is 0 Å². The van der Waals surface area contributed by atoms with E-state index < -0.39 is 0 Å². The average molecular weight is 381 g/mol. The summed E-state index contributed by atoms with van der Waals surface area (Å²) in [6.07, 6.45) is 4.89. The van der Waals surface area contributed by atoms with E-state index in [9.17, 15) is 4.79 Å². The standard InChI is InChI=1S/C15H17NO2.C8H10O2/c1-18-14-5-2-11(3-6-14)12-8-9-16-13(10-12)4-7-15(16)17;1-9-7-5-3-4-6-8(7)10-2/h2-3,5-6,10,13H,4,7-9H2,1H3;3-6H,1-2H3. The number of fused-ring (bicyclic) bond motifs is 1. The van der Waals surface area contributed by atoms with Gasteiger partial charge in [0.2, 0.25) is 5.91 Å². The lowest BCUT2D eigenvalue weighted by Gasteiger charge is -2.28. The molecule has 2 aliphatic rings. The van der Waals surface area contributed by atoms with Gasteiger partial charge in [0.05, 0.1) is 27.4 Å². The smallest absolute Gasteiger partial charge is 0.223 e. The van der Waals surface area contributed by atoms with Gasteiger partial charge in [0.15, 0.2) is 11.5 Å². The number of hydrogen-bond acceptors (Lipinski definition) is 4. The average Bonchev–Trinajstić information content (AvgIpc) is 3.14. The van der Waals surface area contributed by atoms with Gasteiger partial charge in [-0.15, -0.1) is 0 Å². The summed E-state index contributed by atoms with van der Waals surface area (Å²) in [5, 5.41) is 0. The number of amides is 1. The van der Waals surface area contributed by atoms with E-state index in [0.717, 1.165) is 36.6 Å². The number of para-hydroxylation sites is 2. The number of methoxy groups -OCH3 is 3. The van der Waals surface area contributed by atoms with E-state index in [0.29, 0.717) is 18.4 Å². The molecule has 0 aromatic heterocycles. The largest absolute Gasteiger partial charge is 0.497 e. The van der Waals surface area contributed by atoms with Crippen LogP contribution in [0.5, 0.6) is 17.2 Å². The molecule has 2 aliphatic heterocycles. The van der Waals surface area contributed by atoms with Crippen LogP contribution in [0, 0.1) is 0 Å². The van der Waals surface area contributed by atoms with Gasteiger partial charge in [0.1, 0.15) is 5.75 Å². The Kier molecular flexibility index (Phi) is 6.58. The van der Waals surface area contributed by atoms with E-state index in [-0.39, 0.29) is 0 Å². The second kappa shape index (κ2) is 9.31. The second-order valence-corrected chi connectivity index (χ2v) is 6.72. The highest BCUT2D eigenvalue weighted by Gasteiger charge is 2.32. The summed E-state index contributed by atoms with van der Waals surface area (Å²) >= 11 is 0. The summed E-state index contributed by atoms with van der Waals surface area (Å²) in [4.78, 5) is 13.6. The molecule has 1 atom stereocenters. The Hall–Kier alpha value is -2.95. The van der Waals surface area contributed by atoms with Crippen molar-refractivity contribution in [3.63, 3.8) is 0 Å². The predicted octanol–water partition coefficient (Wildman–Crippen LogP) is 4.18. The molecule has 4 rings (SSSR count). The molecule has 0 aliphatic carbocycles. The Labute approximate surface area is 166 Å². The van der Waals surface area contributed by atoms with Gasteiger partial charge in [0, 0.05) is 13.0 Å². The quantitative estimate of drug-likeness (QED) is 0.797. The molecule has 0 bridgehead atoms. The first-order valence-electron chi connectivity index (χ1n) is 9.48. The molecular weight excluding hydrogens is 354 g/mol. The van der Waals surface area contributed by atoms with Gasteiger partial charge in [-0.3, -0.25) is 4.79 Å². The van der Waals surface area contributed by atoms with Crippen LogP contribution in [0.2, 0.25) is 0 Å². The van der Waals surface area contributed by atoms with Crippen LogP contribution in [0.3, 0.4) is 0 Å². The van der Waals surface area contributed by atoms with Gasteiger partial charge in [-0.2, -0.15) is 0 Å². The van der Waals surface area contributed by atoms with Gasteiger partial charge in [0.25, 0.3) is 0 Å². The van der Waals surface area contributed by atoms with E-state index in [1.807, 2.05) is 41.3 Å². The number of rotatable bonds is 4.